The lowest BCUT2D eigenvalue weighted by molar-refractivity contribution is -0.113. The van der Waals surface area contributed by atoms with Gasteiger partial charge in [-0.05, 0) is 41.8 Å². The number of amides is 1. The van der Waals surface area contributed by atoms with E-state index in [2.05, 4.69) is 18.3 Å². The fourth-order valence-electron chi connectivity index (χ4n) is 3.62. The van der Waals surface area contributed by atoms with E-state index in [9.17, 15) is 10.1 Å². The van der Waals surface area contributed by atoms with Crippen LogP contribution >= 0.6 is 23.4 Å². The van der Waals surface area contributed by atoms with Gasteiger partial charge >= 0.3 is 0 Å². The van der Waals surface area contributed by atoms with Gasteiger partial charge < -0.3 is 5.32 Å². The lowest BCUT2D eigenvalue weighted by atomic mass is 9.99. The number of carbonyl (C=O) groups excluding carboxylic acids is 1. The summed E-state index contributed by atoms with van der Waals surface area (Å²) in [5.41, 5.74) is 5.62. The maximum atomic E-state index is 12.7. The number of hydrogen-bond acceptors (Lipinski definition) is 4. The Morgan fingerprint density at radius 1 is 1.00 bits per heavy atom. The number of para-hydroxylation sites is 1. The third kappa shape index (κ3) is 5.48. The number of aromatic nitrogens is 1. The minimum absolute atomic E-state index is 0.137. The van der Waals surface area contributed by atoms with Crippen molar-refractivity contribution in [2.75, 3.05) is 11.1 Å². The minimum atomic E-state index is -0.144. The van der Waals surface area contributed by atoms with Gasteiger partial charge in [0.15, 0.2) is 0 Å². The molecule has 0 fully saturated rings. The number of pyridine rings is 1. The van der Waals surface area contributed by atoms with Gasteiger partial charge in [0.25, 0.3) is 0 Å². The highest BCUT2D eigenvalue weighted by molar-refractivity contribution is 8.00. The molecule has 34 heavy (non-hydrogen) atoms. The van der Waals surface area contributed by atoms with Crippen LogP contribution in [0.15, 0.2) is 90.0 Å². The van der Waals surface area contributed by atoms with E-state index in [1.807, 2.05) is 72.8 Å². The van der Waals surface area contributed by atoms with Gasteiger partial charge in [-0.1, -0.05) is 91.0 Å². The average molecular weight is 484 g/mol. The molecule has 4 aromatic rings. The van der Waals surface area contributed by atoms with Crippen molar-refractivity contribution < 1.29 is 4.79 Å². The third-order valence-corrected chi connectivity index (χ3v) is 6.56. The number of benzene rings is 3. The molecule has 0 aliphatic carbocycles. The first kappa shape index (κ1) is 23.6. The van der Waals surface area contributed by atoms with Crippen LogP contribution in [0, 0.1) is 11.3 Å². The third-order valence-electron chi connectivity index (χ3n) is 5.34. The summed E-state index contributed by atoms with van der Waals surface area (Å²) in [7, 11) is 0. The second kappa shape index (κ2) is 11.0. The lowest BCUT2D eigenvalue weighted by Crippen LogP contribution is -2.15. The second-order valence-electron chi connectivity index (χ2n) is 7.57. The number of nitrogens with one attached hydrogen (secondary N) is 1. The second-order valence-corrected chi connectivity index (χ2v) is 8.97. The Morgan fingerprint density at radius 2 is 1.71 bits per heavy atom. The minimum Gasteiger partial charge on any atom is -0.325 e. The molecule has 1 heterocycles. The Labute approximate surface area is 208 Å². The number of anilines is 1. The molecule has 0 radical (unpaired) electrons. The van der Waals surface area contributed by atoms with E-state index in [4.69, 9.17) is 16.6 Å². The molecule has 0 atom stereocenters. The Morgan fingerprint density at radius 3 is 2.41 bits per heavy atom. The lowest BCUT2D eigenvalue weighted by Gasteiger charge is -2.13. The predicted octanol–water partition coefficient (Wildman–Crippen LogP) is 7.23. The molecule has 0 spiro atoms. The maximum absolute atomic E-state index is 12.7. The van der Waals surface area contributed by atoms with Gasteiger partial charge in [0.05, 0.1) is 17.0 Å². The largest absolute Gasteiger partial charge is 0.325 e. The van der Waals surface area contributed by atoms with E-state index >= 15 is 0 Å². The molecule has 0 unspecified atom stereocenters. The van der Waals surface area contributed by atoms with Crippen LogP contribution in [0.25, 0.3) is 22.4 Å². The van der Waals surface area contributed by atoms with Crippen molar-refractivity contribution in [2.24, 2.45) is 0 Å². The smallest absolute Gasteiger partial charge is 0.234 e. The van der Waals surface area contributed by atoms with Gasteiger partial charge in [-0.15, -0.1) is 0 Å². The number of rotatable bonds is 7. The number of aryl methyl sites for hydroxylation is 1. The number of halogens is 1. The zero-order valence-electron chi connectivity index (χ0n) is 18.6. The fraction of sp³-hybridized carbons (Fsp3) is 0.107. The average Bonchev–Trinajstić information content (AvgIpc) is 2.88. The summed E-state index contributed by atoms with van der Waals surface area (Å²) in [4.78, 5) is 17.5. The number of carbonyl (C=O) groups is 1. The van der Waals surface area contributed by atoms with Crippen LogP contribution in [0.4, 0.5) is 5.69 Å². The SMILES string of the molecule is CCc1ccccc1NC(=O)CSc1nc(-c2ccccc2)cc(-c2ccc(Cl)cc2)c1C#N. The Bertz CT molecular complexity index is 1350. The summed E-state index contributed by atoms with van der Waals surface area (Å²) in [6.07, 6.45) is 0.827. The highest BCUT2D eigenvalue weighted by atomic mass is 35.5. The van der Waals surface area contributed by atoms with Crippen molar-refractivity contribution >= 4 is 35.0 Å². The quantitative estimate of drug-likeness (QED) is 0.281. The fourth-order valence-corrected chi connectivity index (χ4v) is 4.55. The summed E-state index contributed by atoms with van der Waals surface area (Å²) in [6.45, 7) is 2.05. The first-order valence-corrected chi connectivity index (χ1v) is 12.2. The topological polar surface area (TPSA) is 65.8 Å². The summed E-state index contributed by atoms with van der Waals surface area (Å²) in [5.74, 6) is -0.00682. The summed E-state index contributed by atoms with van der Waals surface area (Å²) < 4.78 is 0. The Kier molecular flexibility index (Phi) is 7.64. The van der Waals surface area contributed by atoms with E-state index in [-0.39, 0.29) is 11.7 Å². The van der Waals surface area contributed by atoms with E-state index in [1.165, 1.54) is 11.8 Å². The highest BCUT2D eigenvalue weighted by Gasteiger charge is 2.17. The highest BCUT2D eigenvalue weighted by Crippen LogP contribution is 2.34. The van der Waals surface area contributed by atoms with Gasteiger partial charge in [-0.25, -0.2) is 4.98 Å². The normalized spacial score (nSPS) is 10.5. The van der Waals surface area contributed by atoms with Gasteiger partial charge in [0.1, 0.15) is 11.1 Å². The molecule has 1 aromatic heterocycles. The molecule has 0 aliphatic rings. The molecule has 0 bridgehead atoms. The van der Waals surface area contributed by atoms with Crippen LogP contribution in [0.3, 0.4) is 0 Å². The first-order chi connectivity index (χ1) is 16.6. The van der Waals surface area contributed by atoms with Crippen LogP contribution in [-0.4, -0.2) is 16.6 Å². The molecule has 168 valence electrons. The molecular formula is C28H22ClN3OS. The molecule has 1 amide bonds. The number of hydrogen-bond donors (Lipinski definition) is 1. The predicted molar refractivity (Wildman–Crippen MR) is 140 cm³/mol. The number of nitrogens with zero attached hydrogens (tertiary/aromatic N) is 2. The molecule has 0 saturated carbocycles. The van der Waals surface area contributed by atoms with Crippen molar-refractivity contribution in [3.8, 4) is 28.5 Å². The van der Waals surface area contributed by atoms with Crippen molar-refractivity contribution in [2.45, 2.75) is 18.4 Å². The zero-order chi connectivity index (χ0) is 23.9. The van der Waals surface area contributed by atoms with Crippen LogP contribution < -0.4 is 5.32 Å². The molecule has 0 aliphatic heterocycles. The van der Waals surface area contributed by atoms with E-state index in [0.717, 1.165) is 40.1 Å². The summed E-state index contributed by atoms with van der Waals surface area (Å²) in [5, 5.41) is 14.1. The summed E-state index contributed by atoms with van der Waals surface area (Å²) >= 11 is 7.34. The maximum Gasteiger partial charge on any atom is 0.234 e. The molecule has 6 heteroatoms. The van der Waals surface area contributed by atoms with Crippen LogP contribution in [0.2, 0.25) is 5.02 Å². The van der Waals surface area contributed by atoms with Gasteiger partial charge in [0, 0.05) is 21.8 Å². The van der Waals surface area contributed by atoms with Crippen LogP contribution in [0.5, 0.6) is 0 Å². The Hall–Kier alpha value is -3.59. The van der Waals surface area contributed by atoms with Crippen molar-refractivity contribution in [1.29, 1.82) is 5.26 Å². The summed E-state index contributed by atoms with van der Waals surface area (Å²) in [6, 6.07) is 29.1. The van der Waals surface area contributed by atoms with Crippen LogP contribution in [-0.2, 0) is 11.2 Å². The van der Waals surface area contributed by atoms with Crippen molar-refractivity contribution in [3.05, 3.63) is 101 Å². The molecule has 0 saturated heterocycles. The van der Waals surface area contributed by atoms with Gasteiger partial charge in [0.2, 0.25) is 5.91 Å². The molecule has 1 N–H and O–H groups in total. The Balaban J connectivity index is 1.68. The molecule has 4 rings (SSSR count). The van der Waals surface area contributed by atoms with Gasteiger partial charge in [-0.3, -0.25) is 4.79 Å². The molecule has 3 aromatic carbocycles. The number of thioether (sulfide) groups is 1. The van der Waals surface area contributed by atoms with E-state index in [0.29, 0.717) is 15.6 Å². The zero-order valence-corrected chi connectivity index (χ0v) is 20.2. The first-order valence-electron chi connectivity index (χ1n) is 10.9. The van der Waals surface area contributed by atoms with Crippen LogP contribution in [0.1, 0.15) is 18.1 Å². The monoisotopic (exact) mass is 483 g/mol. The molecule has 4 nitrogen and oxygen atoms in total. The number of nitriles is 1. The van der Waals surface area contributed by atoms with E-state index in [1.54, 1.807) is 12.1 Å². The van der Waals surface area contributed by atoms with Crippen molar-refractivity contribution in [3.63, 3.8) is 0 Å². The van der Waals surface area contributed by atoms with Gasteiger partial charge in [-0.2, -0.15) is 5.26 Å². The van der Waals surface area contributed by atoms with Crippen molar-refractivity contribution in [1.82, 2.24) is 4.98 Å². The molecular weight excluding hydrogens is 462 g/mol. The standard InChI is InChI=1S/C28H22ClN3OS/c1-2-19-8-6-7-11-25(19)31-27(33)18-34-28-24(17-30)23(20-12-14-22(29)15-13-20)16-26(32-28)21-9-4-3-5-10-21/h3-16H,2,18H2,1H3,(H,31,33). The van der Waals surface area contributed by atoms with E-state index < -0.39 is 0 Å².